The molecular weight excluding hydrogens is 306 g/mol. The Bertz CT molecular complexity index is 973. The van der Waals surface area contributed by atoms with Gasteiger partial charge in [0.2, 0.25) is 0 Å². The number of carbonyl (C=O) groups is 1. The Balaban J connectivity index is 1.71. The van der Waals surface area contributed by atoms with Crippen molar-refractivity contribution in [2.45, 2.75) is 25.8 Å². The minimum Gasteiger partial charge on any atom is -0.451 e. The molecule has 1 aliphatic heterocycles. The molecule has 2 aromatic heterocycles. The molecule has 3 heterocycles. The SMILES string of the molecule is Cc1cnc([C@@H]2CCCN2C(=O)c2cc(=O)c3ccccc3o2)[nH]1. The van der Waals surface area contributed by atoms with Gasteiger partial charge in [0, 0.05) is 24.5 Å². The molecule has 0 radical (unpaired) electrons. The van der Waals surface area contributed by atoms with Crippen LogP contribution in [0, 0.1) is 6.92 Å². The van der Waals surface area contributed by atoms with Crippen LogP contribution < -0.4 is 5.43 Å². The van der Waals surface area contributed by atoms with Gasteiger partial charge in [-0.25, -0.2) is 4.98 Å². The molecule has 0 unspecified atom stereocenters. The molecule has 24 heavy (non-hydrogen) atoms. The first-order valence-corrected chi connectivity index (χ1v) is 7.99. The highest BCUT2D eigenvalue weighted by Crippen LogP contribution is 2.31. The molecule has 6 nitrogen and oxygen atoms in total. The number of aryl methyl sites for hydroxylation is 1. The molecule has 122 valence electrons. The second-order valence-corrected chi connectivity index (χ2v) is 6.08. The molecule has 0 bridgehead atoms. The number of nitrogens with zero attached hydrogens (tertiary/aromatic N) is 2. The first-order valence-electron chi connectivity index (χ1n) is 7.99. The smallest absolute Gasteiger partial charge is 0.290 e. The highest BCUT2D eigenvalue weighted by molar-refractivity contribution is 5.93. The van der Waals surface area contributed by atoms with E-state index in [9.17, 15) is 9.59 Å². The van der Waals surface area contributed by atoms with E-state index in [-0.39, 0.29) is 23.1 Å². The summed E-state index contributed by atoms with van der Waals surface area (Å²) in [6.07, 6.45) is 3.50. The van der Waals surface area contributed by atoms with Crippen LogP contribution in [0.15, 0.2) is 45.7 Å². The van der Waals surface area contributed by atoms with Crippen LogP contribution in [0.2, 0.25) is 0 Å². The van der Waals surface area contributed by atoms with Gasteiger partial charge in [0.05, 0.1) is 11.4 Å². The van der Waals surface area contributed by atoms with E-state index >= 15 is 0 Å². The molecule has 6 heteroatoms. The van der Waals surface area contributed by atoms with Crippen molar-refractivity contribution in [3.63, 3.8) is 0 Å². The van der Waals surface area contributed by atoms with Gasteiger partial charge in [-0.2, -0.15) is 0 Å². The first kappa shape index (κ1) is 14.7. The topological polar surface area (TPSA) is 79.2 Å². The predicted molar refractivity (Wildman–Crippen MR) is 88.8 cm³/mol. The van der Waals surface area contributed by atoms with E-state index in [1.807, 2.05) is 6.92 Å². The summed E-state index contributed by atoms with van der Waals surface area (Å²) in [6.45, 7) is 2.56. The fourth-order valence-corrected chi connectivity index (χ4v) is 3.25. The summed E-state index contributed by atoms with van der Waals surface area (Å²) in [7, 11) is 0. The van der Waals surface area contributed by atoms with Crippen molar-refractivity contribution >= 4 is 16.9 Å². The molecule has 1 amide bonds. The van der Waals surface area contributed by atoms with Gasteiger partial charge in [0.15, 0.2) is 11.2 Å². The lowest BCUT2D eigenvalue weighted by Gasteiger charge is -2.22. The van der Waals surface area contributed by atoms with Crippen molar-refractivity contribution in [2.24, 2.45) is 0 Å². The standard InChI is InChI=1S/C18H17N3O3/c1-11-10-19-17(20-11)13-6-4-8-21(13)18(23)16-9-14(22)12-5-2-3-7-15(12)24-16/h2-3,5,7,9-10,13H,4,6,8H2,1H3,(H,19,20)/t13-/m0/s1. The second-order valence-electron chi connectivity index (χ2n) is 6.08. The quantitative estimate of drug-likeness (QED) is 0.786. The van der Waals surface area contributed by atoms with Crippen LogP contribution in [0.4, 0.5) is 0 Å². The number of benzene rings is 1. The second kappa shape index (κ2) is 5.63. The summed E-state index contributed by atoms with van der Waals surface area (Å²) in [5.41, 5.74) is 1.18. The third kappa shape index (κ3) is 2.40. The number of aromatic nitrogens is 2. The molecule has 1 aliphatic rings. The van der Waals surface area contributed by atoms with Crippen molar-refractivity contribution in [3.8, 4) is 0 Å². The van der Waals surface area contributed by atoms with Crippen molar-refractivity contribution in [1.29, 1.82) is 0 Å². The molecule has 3 aromatic rings. The van der Waals surface area contributed by atoms with Gasteiger partial charge in [0.25, 0.3) is 5.91 Å². The normalized spacial score (nSPS) is 17.5. The summed E-state index contributed by atoms with van der Waals surface area (Å²) < 4.78 is 5.68. The molecule has 0 spiro atoms. The maximum atomic E-state index is 12.9. The van der Waals surface area contributed by atoms with Crippen LogP contribution in [-0.4, -0.2) is 27.3 Å². The number of likely N-dealkylation sites (tertiary alicyclic amines) is 1. The van der Waals surface area contributed by atoms with Crippen molar-refractivity contribution in [3.05, 3.63) is 64.0 Å². The largest absolute Gasteiger partial charge is 0.451 e. The van der Waals surface area contributed by atoms with E-state index in [4.69, 9.17) is 4.42 Å². The molecule has 0 aliphatic carbocycles. The number of hydrogen-bond donors (Lipinski definition) is 1. The van der Waals surface area contributed by atoms with Crippen LogP contribution in [-0.2, 0) is 0 Å². The number of rotatable bonds is 2. The predicted octanol–water partition coefficient (Wildman–Crippen LogP) is 2.80. The third-order valence-corrected chi connectivity index (χ3v) is 4.40. The lowest BCUT2D eigenvalue weighted by atomic mass is 10.2. The average molecular weight is 323 g/mol. The van der Waals surface area contributed by atoms with Crippen molar-refractivity contribution in [1.82, 2.24) is 14.9 Å². The Kier molecular flexibility index (Phi) is 3.45. The van der Waals surface area contributed by atoms with Crippen LogP contribution in [0.5, 0.6) is 0 Å². The Hall–Kier alpha value is -2.89. The molecule has 1 atom stereocenters. The molecule has 1 N–H and O–H groups in total. The van der Waals surface area contributed by atoms with E-state index in [2.05, 4.69) is 9.97 Å². The summed E-state index contributed by atoms with van der Waals surface area (Å²) in [5.74, 6) is 0.588. The van der Waals surface area contributed by atoms with Crippen molar-refractivity contribution < 1.29 is 9.21 Å². The molecule has 4 rings (SSSR count). The lowest BCUT2D eigenvalue weighted by Crippen LogP contribution is -2.31. The third-order valence-electron chi connectivity index (χ3n) is 4.40. The van der Waals surface area contributed by atoms with E-state index in [0.29, 0.717) is 17.5 Å². The summed E-state index contributed by atoms with van der Waals surface area (Å²) in [5, 5.41) is 0.480. The van der Waals surface area contributed by atoms with E-state index in [1.54, 1.807) is 35.4 Å². The zero-order valence-corrected chi connectivity index (χ0v) is 13.3. The van der Waals surface area contributed by atoms with Gasteiger partial charge < -0.3 is 14.3 Å². The Labute approximate surface area is 138 Å². The number of amides is 1. The highest BCUT2D eigenvalue weighted by Gasteiger charge is 2.33. The first-order chi connectivity index (χ1) is 11.6. The van der Waals surface area contributed by atoms with Crippen LogP contribution in [0.1, 0.15) is 41.0 Å². The molecule has 1 fully saturated rings. The number of H-pyrrole nitrogens is 1. The van der Waals surface area contributed by atoms with Gasteiger partial charge >= 0.3 is 0 Å². The Morgan fingerprint density at radius 1 is 1.38 bits per heavy atom. The van der Waals surface area contributed by atoms with Crippen LogP contribution >= 0.6 is 0 Å². The minimum atomic E-state index is -0.269. The van der Waals surface area contributed by atoms with Gasteiger partial charge in [-0.05, 0) is 31.9 Å². The molecule has 1 saturated heterocycles. The summed E-state index contributed by atoms with van der Waals surface area (Å²) in [4.78, 5) is 34.4. The number of carbonyl (C=O) groups excluding carboxylic acids is 1. The fourth-order valence-electron chi connectivity index (χ4n) is 3.25. The van der Waals surface area contributed by atoms with E-state index in [1.165, 1.54) is 6.07 Å². The highest BCUT2D eigenvalue weighted by atomic mass is 16.3. The maximum Gasteiger partial charge on any atom is 0.290 e. The van der Waals surface area contributed by atoms with Crippen LogP contribution in [0.25, 0.3) is 11.0 Å². The zero-order valence-electron chi connectivity index (χ0n) is 13.3. The Morgan fingerprint density at radius 3 is 3.00 bits per heavy atom. The lowest BCUT2D eigenvalue weighted by molar-refractivity contribution is 0.0698. The maximum absolute atomic E-state index is 12.9. The molecule has 0 saturated carbocycles. The number of nitrogens with one attached hydrogen (secondary N) is 1. The van der Waals surface area contributed by atoms with Gasteiger partial charge in [-0.3, -0.25) is 9.59 Å². The summed E-state index contributed by atoms with van der Waals surface area (Å²) >= 11 is 0. The van der Waals surface area contributed by atoms with Gasteiger partial charge in [-0.1, -0.05) is 12.1 Å². The van der Waals surface area contributed by atoms with Gasteiger partial charge in [0.1, 0.15) is 11.4 Å². The van der Waals surface area contributed by atoms with Gasteiger partial charge in [-0.15, -0.1) is 0 Å². The van der Waals surface area contributed by atoms with Crippen molar-refractivity contribution in [2.75, 3.05) is 6.54 Å². The fraction of sp³-hybridized carbons (Fsp3) is 0.278. The number of para-hydroxylation sites is 1. The Morgan fingerprint density at radius 2 is 2.21 bits per heavy atom. The van der Waals surface area contributed by atoms with E-state index < -0.39 is 0 Å². The van der Waals surface area contributed by atoms with E-state index in [0.717, 1.165) is 24.4 Å². The minimum absolute atomic E-state index is 0.0777. The number of imidazole rings is 1. The van der Waals surface area contributed by atoms with Crippen LogP contribution in [0.3, 0.4) is 0 Å². The monoisotopic (exact) mass is 323 g/mol. The zero-order chi connectivity index (χ0) is 16.7. The number of hydrogen-bond acceptors (Lipinski definition) is 4. The summed E-state index contributed by atoms with van der Waals surface area (Å²) in [6, 6.07) is 8.13. The molecule has 1 aromatic carbocycles. The number of fused-ring (bicyclic) bond motifs is 1. The number of aromatic amines is 1. The average Bonchev–Trinajstić information content (AvgIpc) is 3.22. The molecular formula is C18H17N3O3.